The highest BCUT2D eigenvalue weighted by Gasteiger charge is 2.32. The van der Waals surface area contributed by atoms with Crippen LogP contribution >= 0.6 is 0 Å². The van der Waals surface area contributed by atoms with Crippen LogP contribution in [-0.2, 0) is 9.47 Å². The first-order valence-corrected chi connectivity index (χ1v) is 12.0. The van der Waals surface area contributed by atoms with Crippen molar-refractivity contribution in [2.75, 3.05) is 26.3 Å². The fourth-order valence-corrected chi connectivity index (χ4v) is 4.91. The molecule has 1 unspecified atom stereocenters. The minimum Gasteiger partial charge on any atom is -0.449 e. The van der Waals surface area contributed by atoms with E-state index in [4.69, 9.17) is 9.47 Å². The zero-order valence-corrected chi connectivity index (χ0v) is 20.1. The van der Waals surface area contributed by atoms with Gasteiger partial charge in [-0.2, -0.15) is 0 Å². The van der Waals surface area contributed by atoms with E-state index in [1.165, 1.54) is 11.1 Å². The number of aliphatic hydroxyl groups excluding tert-OH is 1. The van der Waals surface area contributed by atoms with Crippen LogP contribution in [0.2, 0.25) is 0 Å². The Morgan fingerprint density at radius 1 is 1.03 bits per heavy atom. The van der Waals surface area contributed by atoms with Crippen LogP contribution in [0.3, 0.4) is 0 Å². The van der Waals surface area contributed by atoms with Gasteiger partial charge in [-0.25, -0.2) is 9.59 Å². The van der Waals surface area contributed by atoms with Gasteiger partial charge in [0.25, 0.3) is 0 Å². The van der Waals surface area contributed by atoms with E-state index in [0.29, 0.717) is 25.9 Å². The maximum atomic E-state index is 12.6. The summed E-state index contributed by atoms with van der Waals surface area (Å²) in [4.78, 5) is 26.6. The second-order valence-corrected chi connectivity index (χ2v) is 10.1. The summed E-state index contributed by atoms with van der Waals surface area (Å²) >= 11 is 0. The van der Waals surface area contributed by atoms with Crippen LogP contribution in [0.25, 0.3) is 11.1 Å². The van der Waals surface area contributed by atoms with Crippen molar-refractivity contribution in [2.45, 2.75) is 51.2 Å². The standard InChI is InChI=1S/C27H34N2O5/c1-27(2,3)34-26(32)29-14-12-18(13-15-29)24(16-30)28-25(31)33-17-23-21-10-6-4-8-19(21)20-9-5-7-11-22(20)23/h4-11,18,23-24,30H,12-17H2,1-3H3,(H,28,31). The van der Waals surface area contributed by atoms with Gasteiger partial charge >= 0.3 is 12.2 Å². The number of benzene rings is 2. The molecule has 1 atom stereocenters. The van der Waals surface area contributed by atoms with E-state index >= 15 is 0 Å². The van der Waals surface area contributed by atoms with Crippen LogP contribution in [0.1, 0.15) is 50.7 Å². The molecule has 0 saturated carbocycles. The Labute approximate surface area is 201 Å². The number of nitrogens with zero attached hydrogens (tertiary/aromatic N) is 1. The van der Waals surface area contributed by atoms with Crippen LogP contribution in [0.5, 0.6) is 0 Å². The SMILES string of the molecule is CC(C)(C)OC(=O)N1CCC(C(CO)NC(=O)OCC2c3ccccc3-c3ccccc32)CC1. The number of ether oxygens (including phenoxy) is 2. The Kier molecular flexibility index (Phi) is 7.12. The molecule has 7 nitrogen and oxygen atoms in total. The van der Waals surface area contributed by atoms with Crippen LogP contribution in [0, 0.1) is 5.92 Å². The Balaban J connectivity index is 1.31. The van der Waals surface area contributed by atoms with Crippen LogP contribution in [0.15, 0.2) is 48.5 Å². The monoisotopic (exact) mass is 466 g/mol. The zero-order chi connectivity index (χ0) is 24.3. The third kappa shape index (κ3) is 5.36. The lowest BCUT2D eigenvalue weighted by atomic mass is 9.90. The van der Waals surface area contributed by atoms with Crippen molar-refractivity contribution in [1.82, 2.24) is 10.2 Å². The van der Waals surface area contributed by atoms with E-state index in [-0.39, 0.29) is 31.1 Å². The molecule has 2 amide bonds. The molecule has 2 aromatic carbocycles. The number of hydrogen-bond acceptors (Lipinski definition) is 5. The summed E-state index contributed by atoms with van der Waals surface area (Å²) in [5.74, 6) is 0.0481. The number of piperidine rings is 1. The number of rotatable bonds is 5. The number of alkyl carbamates (subject to hydrolysis) is 1. The summed E-state index contributed by atoms with van der Waals surface area (Å²) in [6.45, 7) is 6.65. The molecule has 7 heteroatoms. The highest BCUT2D eigenvalue weighted by Crippen LogP contribution is 2.44. The fourth-order valence-electron chi connectivity index (χ4n) is 4.91. The normalized spacial score (nSPS) is 17.0. The van der Waals surface area contributed by atoms with Crippen molar-refractivity contribution in [2.24, 2.45) is 5.92 Å². The molecule has 1 saturated heterocycles. The predicted molar refractivity (Wildman–Crippen MR) is 130 cm³/mol. The highest BCUT2D eigenvalue weighted by molar-refractivity contribution is 5.79. The van der Waals surface area contributed by atoms with Crippen molar-refractivity contribution in [3.63, 3.8) is 0 Å². The van der Waals surface area contributed by atoms with E-state index in [1.807, 2.05) is 45.0 Å². The van der Waals surface area contributed by atoms with Gasteiger partial charge in [-0.3, -0.25) is 0 Å². The third-order valence-corrected chi connectivity index (χ3v) is 6.60. The average Bonchev–Trinajstić information content (AvgIpc) is 3.14. The maximum absolute atomic E-state index is 12.6. The molecule has 0 aromatic heterocycles. The number of likely N-dealkylation sites (tertiary alicyclic amines) is 1. The lowest BCUT2D eigenvalue weighted by Crippen LogP contribution is -2.49. The number of hydrogen-bond donors (Lipinski definition) is 2. The van der Waals surface area contributed by atoms with Crippen molar-refractivity contribution in [1.29, 1.82) is 0 Å². The third-order valence-electron chi connectivity index (χ3n) is 6.60. The maximum Gasteiger partial charge on any atom is 0.410 e. The first-order chi connectivity index (χ1) is 16.3. The molecule has 2 aromatic rings. The number of carbonyl (C=O) groups is 2. The molecule has 2 N–H and O–H groups in total. The molecule has 0 bridgehead atoms. The smallest absolute Gasteiger partial charge is 0.410 e. The van der Waals surface area contributed by atoms with Crippen molar-refractivity contribution >= 4 is 12.2 Å². The van der Waals surface area contributed by atoms with E-state index in [2.05, 4.69) is 29.6 Å². The number of aliphatic hydroxyl groups is 1. The van der Waals surface area contributed by atoms with Gasteiger partial charge in [0, 0.05) is 19.0 Å². The molecule has 0 radical (unpaired) electrons. The van der Waals surface area contributed by atoms with Crippen LogP contribution in [-0.4, -0.2) is 60.1 Å². The van der Waals surface area contributed by atoms with Gasteiger partial charge in [0.05, 0.1) is 12.6 Å². The number of nitrogens with one attached hydrogen (secondary N) is 1. The van der Waals surface area contributed by atoms with Crippen LogP contribution in [0.4, 0.5) is 9.59 Å². The van der Waals surface area contributed by atoms with Gasteiger partial charge in [-0.15, -0.1) is 0 Å². The Morgan fingerprint density at radius 3 is 2.12 bits per heavy atom. The largest absolute Gasteiger partial charge is 0.449 e. The summed E-state index contributed by atoms with van der Waals surface area (Å²) in [6.07, 6.45) is 0.494. The quantitative estimate of drug-likeness (QED) is 0.676. The molecule has 182 valence electrons. The summed E-state index contributed by atoms with van der Waals surface area (Å²) in [5, 5.41) is 12.8. The predicted octanol–water partition coefficient (Wildman–Crippen LogP) is 4.53. The van der Waals surface area contributed by atoms with E-state index in [9.17, 15) is 14.7 Å². The molecule has 1 fully saturated rings. The second kappa shape index (κ2) is 10.1. The van der Waals surface area contributed by atoms with Gasteiger partial charge in [-0.05, 0) is 61.8 Å². The minimum absolute atomic E-state index is 0.0113. The summed E-state index contributed by atoms with van der Waals surface area (Å²) in [7, 11) is 0. The lowest BCUT2D eigenvalue weighted by Gasteiger charge is -2.36. The summed E-state index contributed by atoms with van der Waals surface area (Å²) < 4.78 is 11.1. The number of amides is 2. The van der Waals surface area contributed by atoms with Crippen molar-refractivity contribution in [3.05, 3.63) is 59.7 Å². The van der Waals surface area contributed by atoms with Gasteiger partial charge in [0.15, 0.2) is 0 Å². The van der Waals surface area contributed by atoms with Gasteiger partial charge in [-0.1, -0.05) is 48.5 Å². The molecule has 1 aliphatic heterocycles. The molecular formula is C27H34N2O5. The minimum atomic E-state index is -0.534. The topological polar surface area (TPSA) is 88.1 Å². The van der Waals surface area contributed by atoms with Gasteiger partial charge in [0.2, 0.25) is 0 Å². The first-order valence-electron chi connectivity index (χ1n) is 12.0. The highest BCUT2D eigenvalue weighted by atomic mass is 16.6. The van der Waals surface area contributed by atoms with E-state index in [0.717, 1.165) is 11.1 Å². The molecule has 34 heavy (non-hydrogen) atoms. The Bertz CT molecular complexity index is 978. The molecular weight excluding hydrogens is 432 g/mol. The Morgan fingerprint density at radius 2 is 1.59 bits per heavy atom. The van der Waals surface area contributed by atoms with E-state index in [1.54, 1.807) is 4.90 Å². The fraction of sp³-hybridized carbons (Fsp3) is 0.481. The van der Waals surface area contributed by atoms with Gasteiger partial charge < -0.3 is 24.8 Å². The Hall–Kier alpha value is -3.06. The molecule has 2 aliphatic rings. The summed E-state index contributed by atoms with van der Waals surface area (Å²) in [5.41, 5.74) is 4.14. The van der Waals surface area contributed by atoms with Gasteiger partial charge in [0.1, 0.15) is 12.2 Å². The molecule has 0 spiro atoms. The van der Waals surface area contributed by atoms with E-state index < -0.39 is 17.7 Å². The number of carbonyl (C=O) groups excluding carboxylic acids is 2. The average molecular weight is 467 g/mol. The molecule has 1 aliphatic carbocycles. The molecule has 1 heterocycles. The second-order valence-electron chi connectivity index (χ2n) is 10.1. The van der Waals surface area contributed by atoms with Crippen molar-refractivity contribution in [3.8, 4) is 11.1 Å². The lowest BCUT2D eigenvalue weighted by molar-refractivity contribution is 0.0155. The van der Waals surface area contributed by atoms with Crippen molar-refractivity contribution < 1.29 is 24.2 Å². The molecule has 4 rings (SSSR count). The number of fused-ring (bicyclic) bond motifs is 3. The zero-order valence-electron chi connectivity index (χ0n) is 20.1. The first kappa shape index (κ1) is 24.1. The summed E-state index contributed by atoms with van der Waals surface area (Å²) in [6, 6.07) is 16.0. The van der Waals surface area contributed by atoms with Crippen LogP contribution < -0.4 is 5.32 Å².